The topological polar surface area (TPSA) is 67.2 Å². The zero-order chi connectivity index (χ0) is 17.3. The Morgan fingerprint density at radius 1 is 1.33 bits per heavy atom. The zero-order valence-electron chi connectivity index (χ0n) is 14.2. The van der Waals surface area contributed by atoms with Crippen LogP contribution in [0.2, 0.25) is 0 Å². The molecule has 6 nitrogen and oxygen atoms in total. The number of aromatic nitrogens is 2. The summed E-state index contributed by atoms with van der Waals surface area (Å²) in [7, 11) is 1.80. The van der Waals surface area contributed by atoms with Gasteiger partial charge in [0.15, 0.2) is 0 Å². The minimum absolute atomic E-state index is 0.0155. The van der Waals surface area contributed by atoms with Crippen LogP contribution in [-0.4, -0.2) is 28.1 Å². The first-order valence-electron chi connectivity index (χ1n) is 8.18. The highest BCUT2D eigenvalue weighted by Gasteiger charge is 2.35. The largest absolute Gasteiger partial charge is 0.312 e. The van der Waals surface area contributed by atoms with Gasteiger partial charge in [0.1, 0.15) is 5.82 Å². The zero-order valence-corrected chi connectivity index (χ0v) is 14.2. The SMILES string of the molecule is CCc1cc(NC(=O)[C@H]2CC(=O)N(c3ccc(C)cc3)C2)n(C)n1. The Morgan fingerprint density at radius 2 is 2.04 bits per heavy atom. The quantitative estimate of drug-likeness (QED) is 0.937. The van der Waals surface area contributed by atoms with Gasteiger partial charge < -0.3 is 10.2 Å². The second-order valence-electron chi connectivity index (χ2n) is 6.23. The summed E-state index contributed by atoms with van der Waals surface area (Å²) < 4.78 is 1.66. The van der Waals surface area contributed by atoms with Crippen molar-refractivity contribution in [2.75, 3.05) is 16.8 Å². The van der Waals surface area contributed by atoms with Crippen LogP contribution in [0.1, 0.15) is 24.6 Å². The lowest BCUT2D eigenvalue weighted by Crippen LogP contribution is -2.28. The van der Waals surface area contributed by atoms with Crippen molar-refractivity contribution in [3.05, 3.63) is 41.6 Å². The monoisotopic (exact) mass is 326 g/mol. The van der Waals surface area contributed by atoms with Gasteiger partial charge in [0.05, 0.1) is 11.6 Å². The van der Waals surface area contributed by atoms with E-state index < -0.39 is 0 Å². The van der Waals surface area contributed by atoms with Crippen LogP contribution < -0.4 is 10.2 Å². The number of rotatable bonds is 4. The van der Waals surface area contributed by atoms with E-state index in [0.29, 0.717) is 12.4 Å². The van der Waals surface area contributed by atoms with Gasteiger partial charge in [0.2, 0.25) is 11.8 Å². The highest BCUT2D eigenvalue weighted by atomic mass is 16.2. The summed E-state index contributed by atoms with van der Waals surface area (Å²) in [6, 6.07) is 9.65. The average molecular weight is 326 g/mol. The summed E-state index contributed by atoms with van der Waals surface area (Å²) in [5.74, 6) is 0.165. The lowest BCUT2D eigenvalue weighted by Gasteiger charge is -2.17. The van der Waals surface area contributed by atoms with Crippen molar-refractivity contribution in [3.8, 4) is 0 Å². The van der Waals surface area contributed by atoms with E-state index in [2.05, 4.69) is 10.4 Å². The summed E-state index contributed by atoms with van der Waals surface area (Å²) in [5, 5.41) is 7.21. The van der Waals surface area contributed by atoms with Crippen LogP contribution in [0.4, 0.5) is 11.5 Å². The van der Waals surface area contributed by atoms with E-state index in [1.165, 1.54) is 0 Å². The number of carbonyl (C=O) groups excluding carboxylic acids is 2. The molecule has 3 rings (SSSR count). The molecule has 1 aromatic heterocycles. The molecule has 2 amide bonds. The molecule has 1 N–H and O–H groups in total. The minimum Gasteiger partial charge on any atom is -0.312 e. The molecule has 2 aromatic rings. The molecule has 1 fully saturated rings. The molecule has 1 atom stereocenters. The van der Waals surface area contributed by atoms with Crippen molar-refractivity contribution >= 4 is 23.3 Å². The van der Waals surface area contributed by atoms with Crippen molar-refractivity contribution in [2.45, 2.75) is 26.7 Å². The molecule has 0 aliphatic carbocycles. The predicted octanol–water partition coefficient (Wildman–Crippen LogP) is 2.28. The molecule has 1 aromatic carbocycles. The van der Waals surface area contributed by atoms with Crippen molar-refractivity contribution < 1.29 is 9.59 Å². The Morgan fingerprint density at radius 3 is 2.67 bits per heavy atom. The van der Waals surface area contributed by atoms with Crippen LogP contribution >= 0.6 is 0 Å². The highest BCUT2D eigenvalue weighted by molar-refractivity contribution is 6.03. The molecule has 0 saturated carbocycles. The number of hydrogen-bond acceptors (Lipinski definition) is 3. The van der Waals surface area contributed by atoms with Gasteiger partial charge in [-0.15, -0.1) is 0 Å². The first-order valence-corrected chi connectivity index (χ1v) is 8.18. The molecule has 126 valence electrons. The van der Waals surface area contributed by atoms with Crippen LogP contribution in [0, 0.1) is 12.8 Å². The van der Waals surface area contributed by atoms with Crippen molar-refractivity contribution in [1.29, 1.82) is 0 Å². The number of hydrogen-bond donors (Lipinski definition) is 1. The second-order valence-corrected chi connectivity index (χ2v) is 6.23. The van der Waals surface area contributed by atoms with E-state index in [1.807, 2.05) is 44.2 Å². The van der Waals surface area contributed by atoms with E-state index in [0.717, 1.165) is 23.4 Å². The number of carbonyl (C=O) groups is 2. The fourth-order valence-corrected chi connectivity index (χ4v) is 2.90. The van der Waals surface area contributed by atoms with Crippen LogP contribution in [0.15, 0.2) is 30.3 Å². The molecule has 0 bridgehead atoms. The average Bonchev–Trinajstić information content (AvgIpc) is 3.11. The van der Waals surface area contributed by atoms with Crippen LogP contribution in [-0.2, 0) is 23.1 Å². The van der Waals surface area contributed by atoms with Gasteiger partial charge in [-0.3, -0.25) is 14.3 Å². The van der Waals surface area contributed by atoms with Gasteiger partial charge in [-0.2, -0.15) is 5.10 Å². The number of anilines is 2. The summed E-state index contributed by atoms with van der Waals surface area (Å²) in [4.78, 5) is 26.5. The van der Waals surface area contributed by atoms with Gasteiger partial charge in [0.25, 0.3) is 0 Å². The number of nitrogens with one attached hydrogen (secondary N) is 1. The fourth-order valence-electron chi connectivity index (χ4n) is 2.90. The molecule has 1 saturated heterocycles. The summed E-state index contributed by atoms with van der Waals surface area (Å²) in [5.41, 5.74) is 2.91. The Bertz CT molecular complexity index is 764. The number of aryl methyl sites for hydroxylation is 3. The smallest absolute Gasteiger partial charge is 0.230 e. The number of benzene rings is 1. The second kappa shape index (κ2) is 6.47. The standard InChI is InChI=1S/C18H22N4O2/c1-4-14-10-16(21(3)20-14)19-18(24)13-9-17(23)22(11-13)15-7-5-12(2)6-8-15/h5-8,10,13H,4,9,11H2,1-3H3,(H,19,24)/t13-/m0/s1. The third kappa shape index (κ3) is 3.18. The minimum atomic E-state index is -0.348. The molecular formula is C18H22N4O2. The van der Waals surface area contributed by atoms with Gasteiger partial charge in [0, 0.05) is 31.8 Å². The molecule has 2 heterocycles. The third-order valence-electron chi connectivity index (χ3n) is 4.39. The fraction of sp³-hybridized carbons (Fsp3) is 0.389. The Kier molecular flexibility index (Phi) is 4.38. The van der Waals surface area contributed by atoms with E-state index in [4.69, 9.17) is 0 Å². The van der Waals surface area contributed by atoms with Crippen molar-refractivity contribution in [1.82, 2.24) is 9.78 Å². The normalized spacial score (nSPS) is 17.4. The van der Waals surface area contributed by atoms with Gasteiger partial charge in [-0.25, -0.2) is 0 Å². The van der Waals surface area contributed by atoms with Crippen molar-refractivity contribution in [3.63, 3.8) is 0 Å². The maximum absolute atomic E-state index is 12.5. The maximum atomic E-state index is 12.5. The van der Waals surface area contributed by atoms with E-state index in [1.54, 1.807) is 16.6 Å². The first-order chi connectivity index (χ1) is 11.5. The molecule has 0 spiro atoms. The van der Waals surface area contributed by atoms with E-state index in [-0.39, 0.29) is 24.2 Å². The van der Waals surface area contributed by atoms with Gasteiger partial charge in [-0.1, -0.05) is 24.6 Å². The predicted molar refractivity (Wildman–Crippen MR) is 92.9 cm³/mol. The molecule has 24 heavy (non-hydrogen) atoms. The third-order valence-corrected chi connectivity index (χ3v) is 4.39. The number of amides is 2. The van der Waals surface area contributed by atoms with Crippen LogP contribution in [0.25, 0.3) is 0 Å². The molecule has 1 aliphatic rings. The molecule has 0 unspecified atom stereocenters. The van der Waals surface area contributed by atoms with Gasteiger partial charge >= 0.3 is 0 Å². The Labute approximate surface area is 141 Å². The highest BCUT2D eigenvalue weighted by Crippen LogP contribution is 2.26. The Hall–Kier alpha value is -2.63. The van der Waals surface area contributed by atoms with Gasteiger partial charge in [-0.05, 0) is 25.5 Å². The molecular weight excluding hydrogens is 304 g/mol. The summed E-state index contributed by atoms with van der Waals surface area (Å²) >= 11 is 0. The first kappa shape index (κ1) is 16.2. The summed E-state index contributed by atoms with van der Waals surface area (Å²) in [6.07, 6.45) is 1.05. The van der Waals surface area contributed by atoms with E-state index >= 15 is 0 Å². The molecule has 6 heteroatoms. The summed E-state index contributed by atoms with van der Waals surface area (Å²) in [6.45, 7) is 4.43. The van der Waals surface area contributed by atoms with Crippen LogP contribution in [0.5, 0.6) is 0 Å². The lowest BCUT2D eigenvalue weighted by molar-refractivity contribution is -0.122. The molecule has 0 radical (unpaired) electrons. The maximum Gasteiger partial charge on any atom is 0.230 e. The van der Waals surface area contributed by atoms with Crippen LogP contribution in [0.3, 0.4) is 0 Å². The van der Waals surface area contributed by atoms with E-state index in [9.17, 15) is 9.59 Å². The lowest BCUT2D eigenvalue weighted by atomic mass is 10.1. The molecule has 1 aliphatic heterocycles. The number of nitrogens with zero attached hydrogens (tertiary/aromatic N) is 3. The van der Waals surface area contributed by atoms with Crippen molar-refractivity contribution in [2.24, 2.45) is 13.0 Å². The Balaban J connectivity index is 1.69.